The Morgan fingerprint density at radius 3 is 2.46 bits per heavy atom. The van der Waals surface area contributed by atoms with Crippen LogP contribution in [-0.4, -0.2) is 18.0 Å². The second-order valence-corrected chi connectivity index (χ2v) is 5.66. The van der Waals surface area contributed by atoms with Crippen LogP contribution in [0, 0.1) is 0 Å². The minimum absolute atomic E-state index is 0.284. The summed E-state index contributed by atoms with van der Waals surface area (Å²) in [4.78, 5) is 24.7. The minimum atomic E-state index is -0.459. The highest BCUT2D eigenvalue weighted by Crippen LogP contribution is 2.17. The first-order chi connectivity index (χ1) is 12.6. The smallest absolute Gasteiger partial charge is 0.273 e. The maximum atomic E-state index is 12.3. The maximum absolute atomic E-state index is 12.3. The number of amides is 2. The number of hydrogen-bond acceptors (Lipinski definition) is 4. The number of anilines is 1. The zero-order chi connectivity index (χ0) is 18.4. The zero-order valence-corrected chi connectivity index (χ0v) is 14.2. The molecule has 130 valence electrons. The van der Waals surface area contributed by atoms with E-state index in [-0.39, 0.29) is 11.5 Å². The first kappa shape index (κ1) is 17.4. The normalized spacial score (nSPS) is 10.7. The average Bonchev–Trinajstić information content (AvgIpc) is 3.16. The number of hydrazone groups is 1. The van der Waals surface area contributed by atoms with E-state index in [1.54, 1.807) is 60.7 Å². The van der Waals surface area contributed by atoms with E-state index in [9.17, 15) is 9.59 Å². The lowest BCUT2D eigenvalue weighted by Crippen LogP contribution is -2.21. The van der Waals surface area contributed by atoms with E-state index in [1.165, 1.54) is 12.5 Å². The van der Waals surface area contributed by atoms with Crippen LogP contribution in [0.25, 0.3) is 0 Å². The van der Waals surface area contributed by atoms with Gasteiger partial charge in [0.15, 0.2) is 0 Å². The van der Waals surface area contributed by atoms with Gasteiger partial charge in [0.25, 0.3) is 11.8 Å². The Morgan fingerprint density at radius 1 is 0.962 bits per heavy atom. The highest BCUT2D eigenvalue weighted by Gasteiger charge is 2.13. The Balaban J connectivity index is 1.72. The van der Waals surface area contributed by atoms with Crippen molar-refractivity contribution in [1.29, 1.82) is 0 Å². The van der Waals surface area contributed by atoms with Gasteiger partial charge in [0.2, 0.25) is 0 Å². The number of halogens is 1. The van der Waals surface area contributed by atoms with Gasteiger partial charge in [-0.05, 0) is 48.5 Å². The Kier molecular flexibility index (Phi) is 5.46. The van der Waals surface area contributed by atoms with Gasteiger partial charge in [-0.25, -0.2) is 5.43 Å². The van der Waals surface area contributed by atoms with E-state index in [4.69, 9.17) is 16.0 Å². The predicted octanol–water partition coefficient (Wildman–Crippen LogP) is 3.95. The standard InChI is InChI=1S/C19H14ClN3O3/c20-14-9-7-13(8-10-14)18(24)22-17-6-2-1-5-16(17)19(25)23-21-12-15-4-3-11-26-15/h1-12H,(H,22,24)(H,23,25). The number of nitrogens with one attached hydrogen (secondary N) is 2. The molecule has 0 saturated carbocycles. The Hall–Kier alpha value is -3.38. The second kappa shape index (κ2) is 8.13. The highest BCUT2D eigenvalue weighted by molar-refractivity contribution is 6.30. The molecule has 1 heterocycles. The van der Waals surface area contributed by atoms with Crippen molar-refractivity contribution in [1.82, 2.24) is 5.43 Å². The molecule has 2 amide bonds. The molecule has 3 aromatic rings. The van der Waals surface area contributed by atoms with Crippen LogP contribution < -0.4 is 10.7 Å². The summed E-state index contributed by atoms with van der Waals surface area (Å²) in [6.07, 6.45) is 2.89. The van der Waals surface area contributed by atoms with Crippen LogP contribution in [-0.2, 0) is 0 Å². The molecule has 0 fully saturated rings. The van der Waals surface area contributed by atoms with Crippen LogP contribution in [0.4, 0.5) is 5.69 Å². The van der Waals surface area contributed by atoms with Crippen molar-refractivity contribution in [3.63, 3.8) is 0 Å². The summed E-state index contributed by atoms with van der Waals surface area (Å²) in [5.74, 6) is -0.296. The van der Waals surface area contributed by atoms with Gasteiger partial charge in [-0.3, -0.25) is 9.59 Å². The Labute approximate surface area is 154 Å². The van der Waals surface area contributed by atoms with Gasteiger partial charge in [-0.2, -0.15) is 5.10 Å². The Bertz CT molecular complexity index is 935. The molecule has 0 radical (unpaired) electrons. The third-order valence-electron chi connectivity index (χ3n) is 3.43. The fraction of sp³-hybridized carbons (Fsp3) is 0. The third-order valence-corrected chi connectivity index (χ3v) is 3.68. The van der Waals surface area contributed by atoms with E-state index in [2.05, 4.69) is 15.8 Å². The topological polar surface area (TPSA) is 83.7 Å². The van der Waals surface area contributed by atoms with Crippen molar-refractivity contribution in [3.05, 3.63) is 88.8 Å². The second-order valence-electron chi connectivity index (χ2n) is 5.22. The predicted molar refractivity (Wildman–Crippen MR) is 99.6 cm³/mol. The lowest BCUT2D eigenvalue weighted by molar-refractivity contribution is 0.0956. The number of nitrogens with zero attached hydrogens (tertiary/aromatic N) is 1. The summed E-state index contributed by atoms with van der Waals surface area (Å²) >= 11 is 5.82. The van der Waals surface area contributed by atoms with E-state index in [0.29, 0.717) is 22.0 Å². The first-order valence-corrected chi connectivity index (χ1v) is 8.04. The molecule has 2 N–H and O–H groups in total. The number of hydrogen-bond donors (Lipinski definition) is 2. The molecule has 0 aliphatic heterocycles. The van der Waals surface area contributed by atoms with Crippen LogP contribution in [0.3, 0.4) is 0 Å². The number of furan rings is 1. The maximum Gasteiger partial charge on any atom is 0.273 e. The van der Waals surface area contributed by atoms with Crippen LogP contribution in [0.1, 0.15) is 26.5 Å². The van der Waals surface area contributed by atoms with Crippen molar-refractivity contribution < 1.29 is 14.0 Å². The van der Waals surface area contributed by atoms with Crippen molar-refractivity contribution in [3.8, 4) is 0 Å². The SMILES string of the molecule is O=C(Nc1ccccc1C(=O)NN=Cc1ccco1)c1ccc(Cl)cc1. The van der Waals surface area contributed by atoms with Gasteiger partial charge in [0.1, 0.15) is 5.76 Å². The Morgan fingerprint density at radius 2 is 1.73 bits per heavy atom. The molecular weight excluding hydrogens is 354 g/mol. The molecule has 0 saturated heterocycles. The molecule has 1 aromatic heterocycles. The lowest BCUT2D eigenvalue weighted by atomic mass is 10.1. The fourth-order valence-electron chi connectivity index (χ4n) is 2.17. The number of benzene rings is 2. The molecule has 6 nitrogen and oxygen atoms in total. The van der Waals surface area contributed by atoms with E-state index < -0.39 is 5.91 Å². The zero-order valence-electron chi connectivity index (χ0n) is 13.5. The molecule has 7 heteroatoms. The molecule has 0 spiro atoms. The quantitative estimate of drug-likeness (QED) is 0.529. The van der Waals surface area contributed by atoms with E-state index in [0.717, 1.165) is 0 Å². The number of carbonyl (C=O) groups excluding carboxylic acids is 2. The molecular formula is C19H14ClN3O3. The number of carbonyl (C=O) groups is 2. The molecule has 0 aliphatic rings. The van der Waals surface area contributed by atoms with Crippen molar-refractivity contribution in [2.45, 2.75) is 0 Å². The summed E-state index contributed by atoms with van der Waals surface area (Å²) in [6, 6.07) is 16.5. The first-order valence-electron chi connectivity index (χ1n) is 7.66. The van der Waals surface area contributed by atoms with Gasteiger partial charge in [-0.15, -0.1) is 0 Å². The van der Waals surface area contributed by atoms with Crippen LogP contribution >= 0.6 is 11.6 Å². The van der Waals surface area contributed by atoms with Gasteiger partial charge < -0.3 is 9.73 Å². The van der Waals surface area contributed by atoms with E-state index in [1.807, 2.05) is 0 Å². The van der Waals surface area contributed by atoms with Crippen molar-refractivity contribution in [2.75, 3.05) is 5.32 Å². The molecule has 3 rings (SSSR count). The molecule has 0 unspecified atom stereocenters. The summed E-state index contributed by atoms with van der Waals surface area (Å²) in [5, 5.41) is 7.09. The monoisotopic (exact) mass is 367 g/mol. The third kappa shape index (κ3) is 4.37. The summed E-state index contributed by atoms with van der Waals surface area (Å²) in [7, 11) is 0. The molecule has 0 atom stereocenters. The van der Waals surface area contributed by atoms with Crippen LogP contribution in [0.15, 0.2) is 76.4 Å². The molecule has 2 aromatic carbocycles. The molecule has 0 bridgehead atoms. The largest absolute Gasteiger partial charge is 0.463 e. The number of rotatable bonds is 5. The van der Waals surface area contributed by atoms with Crippen LogP contribution in [0.5, 0.6) is 0 Å². The van der Waals surface area contributed by atoms with Crippen molar-refractivity contribution >= 4 is 35.3 Å². The summed E-state index contributed by atoms with van der Waals surface area (Å²) in [6.45, 7) is 0. The number of para-hydroxylation sites is 1. The van der Waals surface area contributed by atoms with Gasteiger partial charge >= 0.3 is 0 Å². The minimum Gasteiger partial charge on any atom is -0.463 e. The summed E-state index contributed by atoms with van der Waals surface area (Å²) < 4.78 is 5.09. The van der Waals surface area contributed by atoms with Gasteiger partial charge in [-0.1, -0.05) is 23.7 Å². The van der Waals surface area contributed by atoms with Gasteiger partial charge in [0.05, 0.1) is 23.7 Å². The van der Waals surface area contributed by atoms with Gasteiger partial charge in [0, 0.05) is 10.6 Å². The molecule has 0 aliphatic carbocycles. The van der Waals surface area contributed by atoms with Crippen LogP contribution in [0.2, 0.25) is 5.02 Å². The highest BCUT2D eigenvalue weighted by atomic mass is 35.5. The lowest BCUT2D eigenvalue weighted by Gasteiger charge is -2.10. The average molecular weight is 368 g/mol. The van der Waals surface area contributed by atoms with E-state index >= 15 is 0 Å². The summed E-state index contributed by atoms with van der Waals surface area (Å²) in [5.41, 5.74) is 3.49. The fourth-order valence-corrected chi connectivity index (χ4v) is 2.29. The molecule has 26 heavy (non-hydrogen) atoms. The van der Waals surface area contributed by atoms with Crippen molar-refractivity contribution in [2.24, 2.45) is 5.10 Å².